The Hall–Kier alpha value is -0.730. The van der Waals surface area contributed by atoms with Gasteiger partial charge in [0.1, 0.15) is 0 Å². The molecule has 21 heavy (non-hydrogen) atoms. The number of hydrogen-bond donors (Lipinski definition) is 1. The molecule has 1 saturated heterocycles. The molecule has 0 spiro atoms. The van der Waals surface area contributed by atoms with E-state index in [1.807, 2.05) is 0 Å². The topological polar surface area (TPSA) is 15.3 Å². The van der Waals surface area contributed by atoms with Crippen LogP contribution in [0.15, 0.2) is 18.2 Å². The zero-order valence-electron chi connectivity index (χ0n) is 13.2. The van der Waals surface area contributed by atoms with Crippen LogP contribution >= 0.6 is 11.6 Å². The molecule has 0 amide bonds. The highest BCUT2D eigenvalue weighted by Gasteiger charge is 2.31. The minimum atomic E-state index is 0.505. The Morgan fingerprint density at radius 3 is 2.67 bits per heavy atom. The molecule has 1 heterocycles. The summed E-state index contributed by atoms with van der Waals surface area (Å²) in [5.74, 6) is 0.845. The lowest BCUT2D eigenvalue weighted by Gasteiger charge is -2.44. The Bertz CT molecular complexity index is 482. The smallest absolute Gasteiger partial charge is 0.0642 e. The normalized spacial score (nSPS) is 27.9. The van der Waals surface area contributed by atoms with Crippen LogP contribution in [-0.2, 0) is 0 Å². The van der Waals surface area contributed by atoms with Crippen molar-refractivity contribution in [3.63, 3.8) is 0 Å². The summed E-state index contributed by atoms with van der Waals surface area (Å²) in [7, 11) is 0. The lowest BCUT2D eigenvalue weighted by atomic mass is 9.82. The van der Waals surface area contributed by atoms with Crippen LogP contribution in [0.4, 0.5) is 5.69 Å². The lowest BCUT2D eigenvalue weighted by molar-refractivity contribution is 0.245. The molecular formula is C18H27ClN2. The fraction of sp³-hybridized carbons (Fsp3) is 0.667. The summed E-state index contributed by atoms with van der Waals surface area (Å²) in [5.41, 5.74) is 2.44. The van der Waals surface area contributed by atoms with E-state index in [0.717, 1.165) is 24.0 Å². The lowest BCUT2D eigenvalue weighted by Crippen LogP contribution is -2.58. The zero-order valence-corrected chi connectivity index (χ0v) is 14.0. The van der Waals surface area contributed by atoms with Crippen LogP contribution < -0.4 is 10.2 Å². The van der Waals surface area contributed by atoms with Crippen molar-refractivity contribution in [2.45, 2.75) is 58.0 Å². The first-order chi connectivity index (χ1) is 10.1. The van der Waals surface area contributed by atoms with Gasteiger partial charge in [-0.2, -0.15) is 0 Å². The van der Waals surface area contributed by atoms with Gasteiger partial charge in [-0.1, -0.05) is 36.9 Å². The van der Waals surface area contributed by atoms with Crippen molar-refractivity contribution in [3.05, 3.63) is 28.8 Å². The Balaban J connectivity index is 1.76. The van der Waals surface area contributed by atoms with Crippen LogP contribution in [0.3, 0.4) is 0 Å². The molecule has 3 rings (SSSR count). The van der Waals surface area contributed by atoms with Gasteiger partial charge in [0, 0.05) is 25.2 Å². The van der Waals surface area contributed by atoms with E-state index in [2.05, 4.69) is 42.3 Å². The van der Waals surface area contributed by atoms with E-state index in [4.69, 9.17) is 11.6 Å². The maximum absolute atomic E-state index is 6.50. The Kier molecular flexibility index (Phi) is 4.75. The predicted molar refractivity (Wildman–Crippen MR) is 91.4 cm³/mol. The summed E-state index contributed by atoms with van der Waals surface area (Å²) in [5, 5.41) is 4.68. The van der Waals surface area contributed by atoms with E-state index in [-0.39, 0.29) is 0 Å². The van der Waals surface area contributed by atoms with Crippen LogP contribution in [0.25, 0.3) is 0 Å². The molecule has 2 aliphatic rings. The fourth-order valence-electron chi connectivity index (χ4n) is 3.92. The minimum Gasteiger partial charge on any atom is -0.365 e. The largest absolute Gasteiger partial charge is 0.365 e. The Morgan fingerprint density at radius 1 is 1.19 bits per heavy atom. The van der Waals surface area contributed by atoms with Crippen molar-refractivity contribution >= 4 is 17.3 Å². The first-order valence-corrected chi connectivity index (χ1v) is 8.79. The van der Waals surface area contributed by atoms with Crippen LogP contribution in [0.1, 0.15) is 44.6 Å². The fourth-order valence-corrected chi connectivity index (χ4v) is 4.27. The van der Waals surface area contributed by atoms with E-state index in [1.165, 1.54) is 43.4 Å². The second kappa shape index (κ2) is 6.58. The minimum absolute atomic E-state index is 0.505. The zero-order chi connectivity index (χ0) is 14.8. The quantitative estimate of drug-likeness (QED) is 0.871. The number of nitrogens with one attached hydrogen (secondary N) is 1. The first-order valence-electron chi connectivity index (χ1n) is 8.41. The Labute approximate surface area is 133 Å². The summed E-state index contributed by atoms with van der Waals surface area (Å²) >= 11 is 6.50. The monoisotopic (exact) mass is 306 g/mol. The van der Waals surface area contributed by atoms with Gasteiger partial charge in [0.2, 0.25) is 0 Å². The molecule has 2 unspecified atom stereocenters. The number of hydrogen-bond acceptors (Lipinski definition) is 2. The molecule has 1 aliphatic carbocycles. The molecule has 1 saturated carbocycles. The van der Waals surface area contributed by atoms with Gasteiger partial charge in [0.25, 0.3) is 0 Å². The number of nitrogens with zero attached hydrogens (tertiary/aromatic N) is 1. The average Bonchev–Trinajstić information content (AvgIpc) is 2.49. The number of piperazine rings is 1. The van der Waals surface area contributed by atoms with E-state index >= 15 is 0 Å². The molecule has 116 valence electrons. The van der Waals surface area contributed by atoms with Crippen molar-refractivity contribution in [1.82, 2.24) is 5.32 Å². The average molecular weight is 307 g/mol. The standard InChI is InChI=1S/C18H27ClN2/c1-13-8-9-18(16(19)10-13)21-12-17(20-11-14(21)2)15-6-4-3-5-7-15/h8-10,14-15,17,20H,3-7,11-12H2,1-2H3. The van der Waals surface area contributed by atoms with Gasteiger partial charge in [-0.3, -0.25) is 0 Å². The molecule has 3 heteroatoms. The molecule has 2 atom stereocenters. The van der Waals surface area contributed by atoms with Crippen LogP contribution in [0, 0.1) is 12.8 Å². The maximum Gasteiger partial charge on any atom is 0.0642 e. The van der Waals surface area contributed by atoms with Crippen molar-refractivity contribution in [3.8, 4) is 0 Å². The Morgan fingerprint density at radius 2 is 1.95 bits per heavy atom. The third-order valence-corrected chi connectivity index (χ3v) is 5.54. The molecule has 1 aromatic rings. The molecule has 2 nitrogen and oxygen atoms in total. The third-order valence-electron chi connectivity index (χ3n) is 5.23. The predicted octanol–water partition coefficient (Wildman–Crippen LogP) is 4.40. The third kappa shape index (κ3) is 3.37. The number of rotatable bonds is 2. The van der Waals surface area contributed by atoms with Crippen LogP contribution in [0.2, 0.25) is 5.02 Å². The van der Waals surface area contributed by atoms with Gasteiger partial charge in [0.15, 0.2) is 0 Å². The van der Waals surface area contributed by atoms with Gasteiger partial charge >= 0.3 is 0 Å². The molecular weight excluding hydrogens is 280 g/mol. The van der Waals surface area contributed by atoms with E-state index < -0.39 is 0 Å². The van der Waals surface area contributed by atoms with Crippen LogP contribution in [0.5, 0.6) is 0 Å². The molecule has 0 radical (unpaired) electrons. The number of anilines is 1. The van der Waals surface area contributed by atoms with Gasteiger partial charge < -0.3 is 10.2 Å². The first kappa shape index (κ1) is 15.2. The molecule has 1 N–H and O–H groups in total. The molecule has 1 aliphatic heterocycles. The van der Waals surface area contributed by atoms with Crippen molar-refractivity contribution in [2.75, 3.05) is 18.0 Å². The van der Waals surface area contributed by atoms with Gasteiger partial charge in [-0.25, -0.2) is 0 Å². The summed E-state index contributed by atoms with van der Waals surface area (Å²) in [4.78, 5) is 2.51. The summed E-state index contributed by atoms with van der Waals surface area (Å²) in [6, 6.07) is 7.58. The molecule has 1 aromatic carbocycles. The molecule has 0 aromatic heterocycles. The summed E-state index contributed by atoms with van der Waals surface area (Å²) in [6.45, 7) is 6.54. The SMILES string of the molecule is Cc1ccc(N2CC(C3CCCCC3)NCC2C)c(Cl)c1. The highest BCUT2D eigenvalue weighted by atomic mass is 35.5. The number of halogens is 1. The van der Waals surface area contributed by atoms with E-state index in [9.17, 15) is 0 Å². The van der Waals surface area contributed by atoms with E-state index in [0.29, 0.717) is 12.1 Å². The summed E-state index contributed by atoms with van der Waals surface area (Å²) < 4.78 is 0. The van der Waals surface area contributed by atoms with Crippen molar-refractivity contribution < 1.29 is 0 Å². The van der Waals surface area contributed by atoms with Crippen LogP contribution in [-0.4, -0.2) is 25.2 Å². The molecule has 0 bridgehead atoms. The van der Waals surface area contributed by atoms with Crippen molar-refractivity contribution in [2.24, 2.45) is 5.92 Å². The van der Waals surface area contributed by atoms with Gasteiger partial charge in [0.05, 0.1) is 10.7 Å². The summed E-state index contributed by atoms with van der Waals surface area (Å²) in [6.07, 6.45) is 7.02. The highest BCUT2D eigenvalue weighted by Crippen LogP contribution is 2.33. The van der Waals surface area contributed by atoms with Crippen molar-refractivity contribution in [1.29, 1.82) is 0 Å². The maximum atomic E-state index is 6.50. The second-order valence-corrected chi connectivity index (χ2v) is 7.28. The number of benzene rings is 1. The number of aryl methyl sites for hydroxylation is 1. The van der Waals surface area contributed by atoms with E-state index in [1.54, 1.807) is 0 Å². The van der Waals surface area contributed by atoms with Gasteiger partial charge in [-0.05, 0) is 50.3 Å². The molecule has 2 fully saturated rings. The second-order valence-electron chi connectivity index (χ2n) is 6.87. The van der Waals surface area contributed by atoms with Gasteiger partial charge in [-0.15, -0.1) is 0 Å². The highest BCUT2D eigenvalue weighted by molar-refractivity contribution is 6.33.